The van der Waals surface area contributed by atoms with Crippen molar-refractivity contribution in [2.75, 3.05) is 32.8 Å². The fourth-order valence-electron chi connectivity index (χ4n) is 4.73. The molecule has 2 aliphatic heterocycles. The number of hydrogen-bond acceptors (Lipinski definition) is 5. The molecule has 0 saturated carbocycles. The zero-order valence-corrected chi connectivity index (χ0v) is 17.4. The Balaban J connectivity index is 1.51. The van der Waals surface area contributed by atoms with Gasteiger partial charge in [-0.1, -0.05) is 42.5 Å². The number of carbonyl (C=O) groups excluding carboxylic acids is 1. The van der Waals surface area contributed by atoms with Gasteiger partial charge in [0.05, 0.1) is 24.1 Å². The van der Waals surface area contributed by atoms with Crippen LogP contribution in [-0.4, -0.2) is 54.6 Å². The number of carbonyl (C=O) groups is 1. The van der Waals surface area contributed by atoms with E-state index in [-0.39, 0.29) is 29.2 Å². The molecule has 1 amide bonds. The summed E-state index contributed by atoms with van der Waals surface area (Å²) in [7, 11) is 0. The van der Waals surface area contributed by atoms with Crippen molar-refractivity contribution in [3.63, 3.8) is 0 Å². The van der Waals surface area contributed by atoms with E-state index in [2.05, 4.69) is 4.90 Å². The average molecular weight is 418 g/mol. The summed E-state index contributed by atoms with van der Waals surface area (Å²) in [6.07, 6.45) is 2.27. The van der Waals surface area contributed by atoms with E-state index in [0.29, 0.717) is 24.1 Å². The molecule has 31 heavy (non-hydrogen) atoms. The Morgan fingerprint density at radius 1 is 0.968 bits per heavy atom. The molecule has 0 aliphatic carbocycles. The van der Waals surface area contributed by atoms with Crippen LogP contribution in [0.4, 0.5) is 0 Å². The van der Waals surface area contributed by atoms with Gasteiger partial charge in [0.25, 0.3) is 5.91 Å². The molecule has 0 bridgehead atoms. The molecule has 2 aromatic carbocycles. The maximum Gasteiger partial charge on any atom is 0.290 e. The molecule has 2 aliphatic rings. The summed E-state index contributed by atoms with van der Waals surface area (Å²) in [5, 5.41) is 0.479. The summed E-state index contributed by atoms with van der Waals surface area (Å²) >= 11 is 0. The lowest BCUT2D eigenvalue weighted by Gasteiger charge is -2.42. The summed E-state index contributed by atoms with van der Waals surface area (Å²) < 4.78 is 12.1. The van der Waals surface area contributed by atoms with Crippen molar-refractivity contribution in [1.29, 1.82) is 0 Å². The molecule has 0 radical (unpaired) electrons. The highest BCUT2D eigenvalue weighted by Gasteiger charge is 2.38. The van der Waals surface area contributed by atoms with Gasteiger partial charge < -0.3 is 19.0 Å². The Hall–Kier alpha value is -2.96. The number of ether oxygens (including phenoxy) is 1. The predicted octanol–water partition coefficient (Wildman–Crippen LogP) is 3.47. The maximum absolute atomic E-state index is 13.6. The minimum Gasteiger partial charge on any atom is -0.451 e. The van der Waals surface area contributed by atoms with Crippen LogP contribution < -0.4 is 5.43 Å². The maximum atomic E-state index is 13.6. The molecule has 3 heterocycles. The van der Waals surface area contributed by atoms with Gasteiger partial charge in [0.15, 0.2) is 11.2 Å². The SMILES string of the molecule is O=C(c1cc(=O)c2ccccc2o1)N1CCO[C@@H](CN2CCCC2)[C@@H]1c1ccccc1. The minimum atomic E-state index is -0.272. The fourth-order valence-corrected chi connectivity index (χ4v) is 4.73. The first-order valence-corrected chi connectivity index (χ1v) is 10.9. The molecular weight excluding hydrogens is 392 g/mol. The van der Waals surface area contributed by atoms with Crippen LogP contribution >= 0.6 is 0 Å². The third-order valence-corrected chi connectivity index (χ3v) is 6.24. The number of nitrogens with zero attached hydrogens (tertiary/aromatic N) is 2. The van der Waals surface area contributed by atoms with Crippen LogP contribution in [0.15, 0.2) is 69.9 Å². The first-order valence-electron chi connectivity index (χ1n) is 10.9. The summed E-state index contributed by atoms with van der Waals surface area (Å²) in [6.45, 7) is 3.82. The third kappa shape index (κ3) is 4.01. The zero-order chi connectivity index (χ0) is 21.2. The number of amides is 1. The third-order valence-electron chi connectivity index (χ3n) is 6.24. The van der Waals surface area contributed by atoms with Crippen molar-refractivity contribution >= 4 is 16.9 Å². The van der Waals surface area contributed by atoms with Crippen LogP contribution in [0, 0.1) is 0 Å². The molecule has 5 rings (SSSR count). The molecule has 6 heteroatoms. The monoisotopic (exact) mass is 418 g/mol. The molecule has 2 atom stereocenters. The lowest BCUT2D eigenvalue weighted by molar-refractivity contribution is -0.0713. The number of para-hydroxylation sites is 1. The molecule has 0 N–H and O–H groups in total. The smallest absolute Gasteiger partial charge is 0.290 e. The quantitative estimate of drug-likeness (QED) is 0.649. The van der Waals surface area contributed by atoms with Crippen molar-refractivity contribution in [2.45, 2.75) is 25.0 Å². The minimum absolute atomic E-state index is 0.0754. The number of hydrogen-bond donors (Lipinski definition) is 0. The van der Waals surface area contributed by atoms with E-state index < -0.39 is 0 Å². The number of benzene rings is 2. The van der Waals surface area contributed by atoms with E-state index in [4.69, 9.17) is 9.15 Å². The van der Waals surface area contributed by atoms with Crippen LogP contribution in [0.3, 0.4) is 0 Å². The van der Waals surface area contributed by atoms with E-state index in [1.165, 1.54) is 18.9 Å². The number of morpholine rings is 1. The predicted molar refractivity (Wildman–Crippen MR) is 118 cm³/mol. The van der Waals surface area contributed by atoms with Crippen LogP contribution in [0.2, 0.25) is 0 Å². The van der Waals surface area contributed by atoms with Gasteiger partial charge in [0.2, 0.25) is 0 Å². The van der Waals surface area contributed by atoms with Crippen LogP contribution in [0.5, 0.6) is 0 Å². The second kappa shape index (κ2) is 8.65. The van der Waals surface area contributed by atoms with Gasteiger partial charge >= 0.3 is 0 Å². The first-order chi connectivity index (χ1) is 15.2. The fraction of sp³-hybridized carbons (Fsp3) is 0.360. The first kappa shape index (κ1) is 20.0. The standard InChI is InChI=1S/C25H26N2O4/c28-20-16-22(31-21-11-5-4-10-19(20)21)25(29)27-14-15-30-23(17-26-12-6-7-13-26)24(27)18-8-2-1-3-9-18/h1-5,8-11,16,23-24H,6-7,12-15,17H2/t23-,24-/m0/s1. The van der Waals surface area contributed by atoms with E-state index in [1.54, 1.807) is 24.3 Å². The van der Waals surface area contributed by atoms with Gasteiger partial charge in [-0.3, -0.25) is 9.59 Å². The van der Waals surface area contributed by atoms with Crippen molar-refractivity contribution in [2.24, 2.45) is 0 Å². The Morgan fingerprint density at radius 2 is 1.71 bits per heavy atom. The largest absolute Gasteiger partial charge is 0.451 e. The van der Waals surface area contributed by atoms with Gasteiger partial charge in [0.1, 0.15) is 5.58 Å². The average Bonchev–Trinajstić information content (AvgIpc) is 3.32. The second-order valence-electron chi connectivity index (χ2n) is 8.24. The van der Waals surface area contributed by atoms with Crippen LogP contribution in [0.25, 0.3) is 11.0 Å². The lowest BCUT2D eigenvalue weighted by atomic mass is 9.97. The molecule has 0 unspecified atom stereocenters. The molecule has 2 fully saturated rings. The summed E-state index contributed by atoms with van der Waals surface area (Å²) in [4.78, 5) is 30.4. The van der Waals surface area contributed by atoms with Gasteiger partial charge in [-0.25, -0.2) is 0 Å². The summed E-state index contributed by atoms with van der Waals surface area (Å²) in [5.41, 5.74) is 1.25. The van der Waals surface area contributed by atoms with E-state index >= 15 is 0 Å². The zero-order valence-electron chi connectivity index (χ0n) is 17.4. The van der Waals surface area contributed by atoms with Gasteiger partial charge in [0, 0.05) is 19.2 Å². The topological polar surface area (TPSA) is 63.0 Å². The van der Waals surface area contributed by atoms with Crippen molar-refractivity contribution < 1.29 is 13.9 Å². The normalized spacial score (nSPS) is 22.1. The van der Waals surface area contributed by atoms with Crippen LogP contribution in [0.1, 0.15) is 35.0 Å². The van der Waals surface area contributed by atoms with Gasteiger partial charge in [-0.2, -0.15) is 0 Å². The Bertz CT molecular complexity index is 1120. The van der Waals surface area contributed by atoms with E-state index in [0.717, 1.165) is 25.2 Å². The highest BCUT2D eigenvalue weighted by molar-refractivity contribution is 5.93. The summed E-state index contributed by atoms with van der Waals surface area (Å²) in [6, 6.07) is 18.1. The van der Waals surface area contributed by atoms with E-state index in [1.807, 2.05) is 35.2 Å². The highest BCUT2D eigenvalue weighted by atomic mass is 16.5. The van der Waals surface area contributed by atoms with Crippen molar-refractivity contribution in [3.05, 3.63) is 82.2 Å². The number of likely N-dealkylation sites (tertiary alicyclic amines) is 1. The van der Waals surface area contributed by atoms with Crippen LogP contribution in [-0.2, 0) is 4.74 Å². The molecule has 0 spiro atoms. The molecular formula is C25H26N2O4. The Morgan fingerprint density at radius 3 is 2.52 bits per heavy atom. The molecule has 160 valence electrons. The molecule has 2 saturated heterocycles. The molecule has 6 nitrogen and oxygen atoms in total. The lowest BCUT2D eigenvalue weighted by Crippen LogP contribution is -2.51. The van der Waals surface area contributed by atoms with Gasteiger partial charge in [-0.05, 0) is 43.6 Å². The highest BCUT2D eigenvalue weighted by Crippen LogP contribution is 2.32. The molecule has 1 aromatic heterocycles. The molecule has 3 aromatic rings. The number of fused-ring (bicyclic) bond motifs is 1. The van der Waals surface area contributed by atoms with Crippen molar-refractivity contribution in [3.8, 4) is 0 Å². The Labute approximate surface area is 181 Å². The van der Waals surface area contributed by atoms with Crippen molar-refractivity contribution in [1.82, 2.24) is 9.80 Å². The summed E-state index contributed by atoms with van der Waals surface area (Å²) in [5.74, 6) is -0.196. The Kier molecular flexibility index (Phi) is 5.57. The van der Waals surface area contributed by atoms with E-state index in [9.17, 15) is 9.59 Å². The number of rotatable bonds is 4. The second-order valence-corrected chi connectivity index (χ2v) is 8.24. The van der Waals surface area contributed by atoms with Gasteiger partial charge in [-0.15, -0.1) is 0 Å².